The average molecular weight is 385 g/mol. The summed E-state index contributed by atoms with van der Waals surface area (Å²) in [6.07, 6.45) is 1.06. The maximum atomic E-state index is 5.07. The molecule has 0 radical (unpaired) electrons. The van der Waals surface area contributed by atoms with E-state index < -0.39 is 0 Å². The molecule has 130 valence electrons. The van der Waals surface area contributed by atoms with Gasteiger partial charge in [-0.1, -0.05) is 28.1 Å². The predicted octanol–water partition coefficient (Wildman–Crippen LogP) is 2.47. The van der Waals surface area contributed by atoms with Crippen LogP contribution in [0.4, 0.5) is 0 Å². The van der Waals surface area contributed by atoms with E-state index in [1.165, 1.54) is 5.56 Å². The van der Waals surface area contributed by atoms with Crippen LogP contribution in [0.5, 0.6) is 0 Å². The number of hydrogen-bond acceptors (Lipinski definition) is 3. The molecule has 0 aromatic heterocycles. The van der Waals surface area contributed by atoms with E-state index in [0.29, 0.717) is 6.54 Å². The fourth-order valence-corrected chi connectivity index (χ4v) is 2.32. The number of ether oxygens (including phenoxy) is 1. The zero-order valence-electron chi connectivity index (χ0n) is 14.4. The molecule has 0 fully saturated rings. The van der Waals surface area contributed by atoms with E-state index in [0.717, 1.165) is 49.6 Å². The van der Waals surface area contributed by atoms with Gasteiger partial charge in [0.1, 0.15) is 0 Å². The highest BCUT2D eigenvalue weighted by atomic mass is 79.9. The lowest BCUT2D eigenvalue weighted by Crippen LogP contribution is -2.41. The number of nitrogens with one attached hydrogen (secondary N) is 2. The van der Waals surface area contributed by atoms with E-state index in [2.05, 4.69) is 62.6 Å². The molecule has 0 spiro atoms. The summed E-state index contributed by atoms with van der Waals surface area (Å²) in [5.41, 5.74) is 1.20. The zero-order chi connectivity index (χ0) is 16.9. The van der Waals surface area contributed by atoms with E-state index in [1.54, 1.807) is 7.11 Å². The second-order valence-electron chi connectivity index (χ2n) is 5.40. The van der Waals surface area contributed by atoms with Crippen molar-refractivity contribution in [1.82, 2.24) is 15.5 Å². The van der Waals surface area contributed by atoms with Crippen molar-refractivity contribution in [2.45, 2.75) is 19.9 Å². The van der Waals surface area contributed by atoms with Crippen LogP contribution in [0.3, 0.4) is 0 Å². The number of hydrogen-bond donors (Lipinski definition) is 2. The molecule has 1 rings (SSSR count). The van der Waals surface area contributed by atoms with Crippen molar-refractivity contribution in [2.75, 3.05) is 46.9 Å². The SMILES string of the molecule is CCNC(=NCc1ccc(Br)cc1)NCCN(C)CCCOC. The molecule has 1 aromatic carbocycles. The number of halogens is 1. The summed E-state index contributed by atoms with van der Waals surface area (Å²) >= 11 is 3.45. The Balaban J connectivity index is 2.35. The average Bonchev–Trinajstić information content (AvgIpc) is 2.54. The first-order valence-electron chi connectivity index (χ1n) is 8.09. The van der Waals surface area contributed by atoms with Crippen LogP contribution in [0, 0.1) is 0 Å². The van der Waals surface area contributed by atoms with E-state index in [9.17, 15) is 0 Å². The number of benzene rings is 1. The molecule has 0 aliphatic rings. The molecular formula is C17H29BrN4O. The van der Waals surface area contributed by atoms with Gasteiger partial charge < -0.3 is 20.3 Å². The van der Waals surface area contributed by atoms with Crippen LogP contribution in [0.2, 0.25) is 0 Å². The highest BCUT2D eigenvalue weighted by molar-refractivity contribution is 9.10. The number of methoxy groups -OCH3 is 1. The van der Waals surface area contributed by atoms with Crippen LogP contribution in [0.1, 0.15) is 18.9 Å². The van der Waals surface area contributed by atoms with Gasteiger partial charge in [-0.05, 0) is 38.1 Å². The fraction of sp³-hybridized carbons (Fsp3) is 0.588. The van der Waals surface area contributed by atoms with Crippen molar-refractivity contribution in [3.05, 3.63) is 34.3 Å². The van der Waals surface area contributed by atoms with Crippen molar-refractivity contribution in [3.63, 3.8) is 0 Å². The minimum absolute atomic E-state index is 0.673. The highest BCUT2D eigenvalue weighted by Gasteiger charge is 2.01. The number of nitrogens with zero attached hydrogens (tertiary/aromatic N) is 2. The third kappa shape index (κ3) is 9.58. The Labute approximate surface area is 148 Å². The van der Waals surface area contributed by atoms with Gasteiger partial charge in [0.25, 0.3) is 0 Å². The van der Waals surface area contributed by atoms with E-state index in [1.807, 2.05) is 12.1 Å². The number of guanidine groups is 1. The Kier molecular flexibility index (Phi) is 10.7. The van der Waals surface area contributed by atoms with Crippen LogP contribution in [0.15, 0.2) is 33.7 Å². The minimum Gasteiger partial charge on any atom is -0.385 e. The normalized spacial score (nSPS) is 11.8. The summed E-state index contributed by atoms with van der Waals surface area (Å²) in [5, 5.41) is 6.66. The van der Waals surface area contributed by atoms with E-state index in [-0.39, 0.29) is 0 Å². The number of likely N-dealkylation sites (N-methyl/N-ethyl adjacent to an activating group) is 1. The molecule has 5 nitrogen and oxygen atoms in total. The third-order valence-corrected chi connectivity index (χ3v) is 3.88. The summed E-state index contributed by atoms with van der Waals surface area (Å²) in [4.78, 5) is 6.92. The van der Waals surface area contributed by atoms with Gasteiger partial charge in [0.15, 0.2) is 5.96 Å². The lowest BCUT2D eigenvalue weighted by Gasteiger charge is -2.18. The van der Waals surface area contributed by atoms with Gasteiger partial charge in [-0.15, -0.1) is 0 Å². The molecule has 0 saturated heterocycles. The van der Waals surface area contributed by atoms with Crippen LogP contribution in [0.25, 0.3) is 0 Å². The molecule has 0 atom stereocenters. The predicted molar refractivity (Wildman–Crippen MR) is 101 cm³/mol. The van der Waals surface area contributed by atoms with Gasteiger partial charge in [-0.25, -0.2) is 4.99 Å². The molecule has 0 heterocycles. The zero-order valence-corrected chi connectivity index (χ0v) is 16.0. The van der Waals surface area contributed by atoms with E-state index in [4.69, 9.17) is 4.74 Å². The van der Waals surface area contributed by atoms with Crippen LogP contribution in [-0.2, 0) is 11.3 Å². The first kappa shape index (κ1) is 19.9. The Morgan fingerprint density at radius 3 is 2.61 bits per heavy atom. The molecule has 2 N–H and O–H groups in total. The van der Waals surface area contributed by atoms with Gasteiger partial charge in [0, 0.05) is 44.4 Å². The maximum absolute atomic E-state index is 5.07. The Morgan fingerprint density at radius 1 is 1.22 bits per heavy atom. The summed E-state index contributed by atoms with van der Waals surface area (Å²) < 4.78 is 6.16. The first-order chi connectivity index (χ1) is 11.2. The van der Waals surface area contributed by atoms with Gasteiger partial charge in [-0.2, -0.15) is 0 Å². The smallest absolute Gasteiger partial charge is 0.191 e. The van der Waals surface area contributed by atoms with Crippen molar-refractivity contribution >= 4 is 21.9 Å². The summed E-state index contributed by atoms with van der Waals surface area (Å²) in [6, 6.07) is 8.25. The molecule has 0 bridgehead atoms. The lowest BCUT2D eigenvalue weighted by atomic mass is 10.2. The van der Waals surface area contributed by atoms with Gasteiger partial charge in [-0.3, -0.25) is 0 Å². The monoisotopic (exact) mass is 384 g/mol. The molecule has 0 aliphatic carbocycles. The minimum atomic E-state index is 0.673. The fourth-order valence-electron chi connectivity index (χ4n) is 2.06. The van der Waals surface area contributed by atoms with Crippen LogP contribution < -0.4 is 10.6 Å². The summed E-state index contributed by atoms with van der Waals surface area (Å²) in [7, 11) is 3.87. The largest absolute Gasteiger partial charge is 0.385 e. The van der Waals surface area contributed by atoms with E-state index >= 15 is 0 Å². The first-order valence-corrected chi connectivity index (χ1v) is 8.89. The molecular weight excluding hydrogens is 356 g/mol. The molecule has 0 unspecified atom stereocenters. The number of rotatable bonds is 10. The van der Waals surface area contributed by atoms with Crippen molar-refractivity contribution in [2.24, 2.45) is 4.99 Å². The maximum Gasteiger partial charge on any atom is 0.191 e. The second-order valence-corrected chi connectivity index (χ2v) is 6.31. The summed E-state index contributed by atoms with van der Waals surface area (Å²) in [5.74, 6) is 0.862. The van der Waals surface area contributed by atoms with Crippen LogP contribution >= 0.6 is 15.9 Å². The molecule has 1 aromatic rings. The van der Waals surface area contributed by atoms with Gasteiger partial charge in [0.05, 0.1) is 6.54 Å². The number of aliphatic imine (C=N–C) groups is 1. The molecule has 0 aliphatic heterocycles. The topological polar surface area (TPSA) is 48.9 Å². The quantitative estimate of drug-likeness (QED) is 0.369. The Morgan fingerprint density at radius 2 is 1.96 bits per heavy atom. The lowest BCUT2D eigenvalue weighted by molar-refractivity contribution is 0.180. The van der Waals surface area contributed by atoms with Crippen molar-refractivity contribution < 1.29 is 4.74 Å². The third-order valence-electron chi connectivity index (χ3n) is 3.35. The Hall–Kier alpha value is -1.11. The Bertz CT molecular complexity index is 450. The molecule has 6 heteroatoms. The van der Waals surface area contributed by atoms with Gasteiger partial charge >= 0.3 is 0 Å². The van der Waals surface area contributed by atoms with Crippen LogP contribution in [-0.4, -0.2) is 57.8 Å². The summed E-state index contributed by atoms with van der Waals surface area (Å²) in [6.45, 7) is 7.31. The molecule has 0 amide bonds. The van der Waals surface area contributed by atoms with Crippen molar-refractivity contribution in [3.8, 4) is 0 Å². The molecule has 0 saturated carbocycles. The highest BCUT2D eigenvalue weighted by Crippen LogP contribution is 2.10. The standard InChI is InChI=1S/C17H29BrN4O/c1-4-19-17(20-10-12-22(2)11-5-13-23-3)21-14-15-6-8-16(18)9-7-15/h6-9H,4-5,10-14H2,1-3H3,(H2,19,20,21). The second kappa shape index (κ2) is 12.3. The van der Waals surface area contributed by atoms with Gasteiger partial charge in [0.2, 0.25) is 0 Å². The molecule has 23 heavy (non-hydrogen) atoms. The van der Waals surface area contributed by atoms with Crippen molar-refractivity contribution in [1.29, 1.82) is 0 Å².